The van der Waals surface area contributed by atoms with Crippen molar-refractivity contribution in [3.63, 3.8) is 0 Å². The van der Waals surface area contributed by atoms with Gasteiger partial charge in [0.1, 0.15) is 12.2 Å². The Hall–Kier alpha value is -2.02. The lowest BCUT2D eigenvalue weighted by molar-refractivity contribution is -0.116. The Labute approximate surface area is 173 Å². The maximum Gasteiger partial charge on any atom is 0.114 e. The normalized spacial score (nSPS) is 16.2. The zero-order valence-electron chi connectivity index (χ0n) is 17.1. The molecule has 2 aromatic carbocycles. The van der Waals surface area contributed by atoms with Crippen LogP contribution in [-0.4, -0.2) is 46.8 Å². The van der Waals surface area contributed by atoms with Crippen molar-refractivity contribution < 1.29 is 24.8 Å². The number of benzene rings is 2. The molecule has 0 unspecified atom stereocenters. The van der Waals surface area contributed by atoms with Crippen molar-refractivity contribution in [2.75, 3.05) is 13.2 Å². The van der Waals surface area contributed by atoms with E-state index in [0.717, 1.165) is 11.1 Å². The lowest BCUT2D eigenvalue weighted by Crippen LogP contribution is -2.44. The predicted molar refractivity (Wildman–Crippen MR) is 113 cm³/mol. The first-order valence-corrected chi connectivity index (χ1v) is 9.93. The Balaban J connectivity index is 1.97. The minimum absolute atomic E-state index is 0.192. The molecule has 0 aromatic heterocycles. The molecule has 0 saturated heterocycles. The van der Waals surface area contributed by atoms with Gasteiger partial charge < -0.3 is 24.8 Å². The maximum atomic E-state index is 10.8. The molecule has 5 nitrogen and oxygen atoms in total. The van der Waals surface area contributed by atoms with E-state index in [1.165, 1.54) is 0 Å². The van der Waals surface area contributed by atoms with Crippen LogP contribution in [-0.2, 0) is 22.7 Å². The maximum absolute atomic E-state index is 10.8. The molecule has 0 radical (unpaired) electrons. The summed E-state index contributed by atoms with van der Waals surface area (Å²) in [6, 6.07) is 19.4. The highest BCUT2D eigenvalue weighted by Crippen LogP contribution is 2.20. The third-order valence-electron chi connectivity index (χ3n) is 4.91. The molecular weight excluding hydrogens is 368 g/mol. The summed E-state index contributed by atoms with van der Waals surface area (Å²) >= 11 is 0. The average Bonchev–Trinajstić information content (AvgIpc) is 2.77. The van der Waals surface area contributed by atoms with Crippen molar-refractivity contribution in [1.82, 2.24) is 0 Å². The Morgan fingerprint density at radius 1 is 0.931 bits per heavy atom. The number of rotatable bonds is 12. The molecule has 29 heavy (non-hydrogen) atoms. The lowest BCUT2D eigenvalue weighted by Gasteiger charge is -2.31. The summed E-state index contributed by atoms with van der Waals surface area (Å²) in [7, 11) is 0. The van der Waals surface area contributed by atoms with E-state index in [2.05, 4.69) is 0 Å². The minimum Gasteiger partial charge on any atom is -0.396 e. The molecule has 0 saturated carbocycles. The van der Waals surface area contributed by atoms with E-state index in [-0.39, 0.29) is 13.2 Å². The SMILES string of the molecule is C/C(=C\COCc1ccccc1)[C@H](O)[C@H](OCc1ccccc1)[C@@H](O)[C@@H](C)CO. The van der Waals surface area contributed by atoms with Crippen LogP contribution in [0.4, 0.5) is 0 Å². The summed E-state index contributed by atoms with van der Waals surface area (Å²) in [6.07, 6.45) is -1.08. The summed E-state index contributed by atoms with van der Waals surface area (Å²) in [5, 5.41) is 30.8. The quantitative estimate of drug-likeness (QED) is 0.377. The molecule has 0 bridgehead atoms. The van der Waals surface area contributed by atoms with Gasteiger partial charge in [-0.1, -0.05) is 73.7 Å². The predicted octanol–water partition coefficient (Wildman–Crippen LogP) is 3.09. The number of ether oxygens (including phenoxy) is 2. The Morgan fingerprint density at radius 3 is 2.03 bits per heavy atom. The first-order chi connectivity index (χ1) is 14.0. The van der Waals surface area contributed by atoms with Crippen LogP contribution < -0.4 is 0 Å². The van der Waals surface area contributed by atoms with Crippen molar-refractivity contribution in [3.8, 4) is 0 Å². The van der Waals surface area contributed by atoms with Crippen LogP contribution in [0.3, 0.4) is 0 Å². The van der Waals surface area contributed by atoms with Gasteiger partial charge in [-0.2, -0.15) is 0 Å². The summed E-state index contributed by atoms with van der Waals surface area (Å²) in [6.45, 7) is 4.40. The Kier molecular flexibility index (Phi) is 10.0. The monoisotopic (exact) mass is 400 g/mol. The molecule has 2 aromatic rings. The minimum atomic E-state index is -1.01. The molecular formula is C24H32O5. The van der Waals surface area contributed by atoms with Crippen molar-refractivity contribution in [2.24, 2.45) is 5.92 Å². The van der Waals surface area contributed by atoms with Crippen molar-refractivity contribution in [3.05, 3.63) is 83.4 Å². The second-order valence-corrected chi connectivity index (χ2v) is 7.31. The first-order valence-electron chi connectivity index (χ1n) is 9.93. The molecule has 4 atom stereocenters. The fourth-order valence-electron chi connectivity index (χ4n) is 2.90. The lowest BCUT2D eigenvalue weighted by atomic mass is 9.93. The second kappa shape index (κ2) is 12.5. The zero-order chi connectivity index (χ0) is 21.1. The Bertz CT molecular complexity index is 717. The Morgan fingerprint density at radius 2 is 1.48 bits per heavy atom. The van der Waals surface area contributed by atoms with Gasteiger partial charge in [-0.15, -0.1) is 0 Å². The van der Waals surface area contributed by atoms with Gasteiger partial charge in [0.15, 0.2) is 0 Å². The molecule has 0 heterocycles. The van der Waals surface area contributed by atoms with Gasteiger partial charge >= 0.3 is 0 Å². The number of hydrogen-bond donors (Lipinski definition) is 3. The van der Waals surface area contributed by atoms with E-state index >= 15 is 0 Å². The van der Waals surface area contributed by atoms with Gasteiger partial charge in [-0.3, -0.25) is 0 Å². The van der Waals surface area contributed by atoms with E-state index in [1.807, 2.05) is 60.7 Å². The molecule has 3 N–H and O–H groups in total. The largest absolute Gasteiger partial charge is 0.396 e. The molecule has 5 heteroatoms. The molecule has 0 aliphatic carbocycles. The molecule has 2 rings (SSSR count). The van der Waals surface area contributed by atoms with Gasteiger partial charge in [0.05, 0.1) is 25.9 Å². The van der Waals surface area contributed by atoms with Gasteiger partial charge in [-0.05, 0) is 23.6 Å². The molecule has 0 aliphatic heterocycles. The summed E-state index contributed by atoms with van der Waals surface area (Å²) in [5.41, 5.74) is 2.68. The van der Waals surface area contributed by atoms with Crippen LogP contribution in [0.5, 0.6) is 0 Å². The van der Waals surface area contributed by atoms with Crippen LogP contribution in [0, 0.1) is 5.92 Å². The van der Waals surface area contributed by atoms with Crippen LogP contribution in [0.15, 0.2) is 72.3 Å². The van der Waals surface area contributed by atoms with Crippen LogP contribution in [0.2, 0.25) is 0 Å². The molecule has 0 fully saturated rings. The summed E-state index contributed by atoms with van der Waals surface area (Å²) in [5.74, 6) is -0.424. The van der Waals surface area contributed by atoms with Crippen molar-refractivity contribution in [2.45, 2.75) is 45.4 Å². The van der Waals surface area contributed by atoms with Gasteiger partial charge in [0.2, 0.25) is 0 Å². The third-order valence-corrected chi connectivity index (χ3v) is 4.91. The van der Waals surface area contributed by atoms with Gasteiger partial charge in [0.25, 0.3) is 0 Å². The fraction of sp³-hybridized carbons (Fsp3) is 0.417. The number of hydrogen-bond acceptors (Lipinski definition) is 5. The smallest absolute Gasteiger partial charge is 0.114 e. The summed E-state index contributed by atoms with van der Waals surface area (Å²) in [4.78, 5) is 0. The first kappa shape index (κ1) is 23.3. The van der Waals surface area contributed by atoms with E-state index < -0.39 is 24.2 Å². The number of aliphatic hydroxyl groups is 3. The van der Waals surface area contributed by atoms with Crippen molar-refractivity contribution >= 4 is 0 Å². The van der Waals surface area contributed by atoms with Gasteiger partial charge in [0, 0.05) is 12.5 Å². The van der Waals surface area contributed by atoms with Crippen molar-refractivity contribution in [1.29, 1.82) is 0 Å². The highest BCUT2D eigenvalue weighted by Gasteiger charge is 2.32. The van der Waals surface area contributed by atoms with E-state index in [0.29, 0.717) is 18.8 Å². The highest BCUT2D eigenvalue weighted by molar-refractivity contribution is 5.15. The number of aliphatic hydroxyl groups excluding tert-OH is 3. The topological polar surface area (TPSA) is 79.2 Å². The van der Waals surface area contributed by atoms with E-state index in [9.17, 15) is 15.3 Å². The second-order valence-electron chi connectivity index (χ2n) is 7.31. The summed E-state index contributed by atoms with van der Waals surface area (Å²) < 4.78 is 11.5. The standard InChI is InChI=1S/C24H32O5/c1-18(13-14-28-16-20-9-5-3-6-10-20)22(26)24(23(27)19(2)15-25)29-17-21-11-7-4-8-12-21/h3-13,19,22-27H,14-17H2,1-2H3/b18-13+/t19-,22-,23-,24-/m0/s1. The van der Waals surface area contributed by atoms with Gasteiger partial charge in [-0.25, -0.2) is 0 Å². The fourth-order valence-corrected chi connectivity index (χ4v) is 2.90. The molecule has 0 amide bonds. The van der Waals surface area contributed by atoms with E-state index in [4.69, 9.17) is 9.47 Å². The zero-order valence-corrected chi connectivity index (χ0v) is 17.1. The molecule has 0 spiro atoms. The molecule has 158 valence electrons. The van der Waals surface area contributed by atoms with Crippen LogP contribution >= 0.6 is 0 Å². The highest BCUT2D eigenvalue weighted by atomic mass is 16.5. The molecule has 0 aliphatic rings. The van der Waals surface area contributed by atoms with E-state index in [1.54, 1.807) is 19.9 Å². The third kappa shape index (κ3) is 7.72. The van der Waals surface area contributed by atoms with Crippen LogP contribution in [0.25, 0.3) is 0 Å². The average molecular weight is 401 g/mol. The van der Waals surface area contributed by atoms with Crippen LogP contribution in [0.1, 0.15) is 25.0 Å².